The number of aliphatic carboxylic acids is 1. The van der Waals surface area contributed by atoms with E-state index in [9.17, 15) is 18.0 Å². The zero-order chi connectivity index (χ0) is 25.3. The maximum absolute atomic E-state index is 13.6. The number of benzene rings is 3. The molecule has 1 unspecified atom stereocenters. The number of halogens is 3. The fourth-order valence-corrected chi connectivity index (χ4v) is 3.51. The van der Waals surface area contributed by atoms with Crippen LogP contribution < -0.4 is 5.32 Å². The van der Waals surface area contributed by atoms with Gasteiger partial charge in [0.2, 0.25) is 0 Å². The maximum atomic E-state index is 13.6. The van der Waals surface area contributed by atoms with Gasteiger partial charge in [-0.3, -0.25) is 4.79 Å². The first-order valence-corrected chi connectivity index (χ1v) is 11.1. The second-order valence-electron chi connectivity index (χ2n) is 8.21. The summed E-state index contributed by atoms with van der Waals surface area (Å²) in [5, 5.41) is 15.8. The van der Waals surface area contributed by atoms with Gasteiger partial charge < -0.3 is 15.3 Å². The van der Waals surface area contributed by atoms with Gasteiger partial charge in [-0.15, -0.1) is 0 Å². The number of rotatable bonds is 11. The van der Waals surface area contributed by atoms with E-state index in [2.05, 4.69) is 10.5 Å². The van der Waals surface area contributed by atoms with E-state index in [4.69, 9.17) is 9.94 Å². The van der Waals surface area contributed by atoms with E-state index >= 15 is 0 Å². The minimum Gasteiger partial charge on any atom is -0.481 e. The third kappa shape index (κ3) is 8.26. The first kappa shape index (κ1) is 26.0. The number of nitrogens with zero attached hydrogens (tertiary/aromatic N) is 1. The lowest BCUT2D eigenvalue weighted by Gasteiger charge is -2.14. The molecule has 0 heterocycles. The topological polar surface area (TPSA) is 70.9 Å². The van der Waals surface area contributed by atoms with Crippen molar-refractivity contribution in [3.05, 3.63) is 95.1 Å². The van der Waals surface area contributed by atoms with Crippen molar-refractivity contribution in [2.75, 3.05) is 0 Å². The second-order valence-corrected chi connectivity index (χ2v) is 8.21. The summed E-state index contributed by atoms with van der Waals surface area (Å²) in [6, 6.07) is 20.2. The Balaban J connectivity index is 1.51. The Morgan fingerprint density at radius 1 is 1.03 bits per heavy atom. The van der Waals surface area contributed by atoms with Crippen LogP contribution >= 0.6 is 0 Å². The molecule has 0 spiro atoms. The van der Waals surface area contributed by atoms with Crippen LogP contribution in [0.1, 0.15) is 35.6 Å². The van der Waals surface area contributed by atoms with Gasteiger partial charge in [-0.25, -0.2) is 0 Å². The average molecular weight is 485 g/mol. The number of hydrogen-bond donors (Lipinski definition) is 2. The zero-order valence-corrected chi connectivity index (χ0v) is 19.3. The summed E-state index contributed by atoms with van der Waals surface area (Å²) in [6.07, 6.45) is -2.36. The van der Waals surface area contributed by atoms with Crippen molar-refractivity contribution in [2.45, 2.75) is 45.1 Å². The molecule has 0 fully saturated rings. The molecule has 184 valence electrons. The lowest BCUT2D eigenvalue weighted by Crippen LogP contribution is -2.27. The smallest absolute Gasteiger partial charge is 0.417 e. The number of carbonyl (C=O) groups is 1. The van der Waals surface area contributed by atoms with E-state index in [0.717, 1.165) is 17.2 Å². The Hall–Kier alpha value is -3.65. The molecule has 0 aliphatic carbocycles. The van der Waals surface area contributed by atoms with Crippen LogP contribution in [0.3, 0.4) is 0 Å². The van der Waals surface area contributed by atoms with E-state index in [1.807, 2.05) is 31.2 Å². The van der Waals surface area contributed by atoms with Crippen molar-refractivity contribution in [1.29, 1.82) is 0 Å². The Morgan fingerprint density at radius 3 is 2.34 bits per heavy atom. The second kappa shape index (κ2) is 12.2. The van der Waals surface area contributed by atoms with E-state index in [0.29, 0.717) is 24.1 Å². The zero-order valence-electron chi connectivity index (χ0n) is 19.3. The molecular weight excluding hydrogens is 457 g/mol. The molecule has 8 heteroatoms. The van der Waals surface area contributed by atoms with Gasteiger partial charge >= 0.3 is 12.1 Å². The van der Waals surface area contributed by atoms with Crippen molar-refractivity contribution >= 4 is 12.2 Å². The molecule has 3 aromatic rings. The van der Waals surface area contributed by atoms with Gasteiger partial charge in [-0.1, -0.05) is 71.9 Å². The van der Waals surface area contributed by atoms with Crippen LogP contribution in [0.2, 0.25) is 0 Å². The number of alkyl halides is 3. The fraction of sp³-hybridized carbons (Fsp3) is 0.259. The van der Waals surface area contributed by atoms with E-state index in [-0.39, 0.29) is 24.6 Å². The number of hydrogen-bond acceptors (Lipinski definition) is 4. The van der Waals surface area contributed by atoms with Gasteiger partial charge in [0.15, 0.2) is 0 Å². The third-order valence-corrected chi connectivity index (χ3v) is 5.34. The van der Waals surface area contributed by atoms with Crippen molar-refractivity contribution in [1.82, 2.24) is 5.32 Å². The highest BCUT2D eigenvalue weighted by atomic mass is 19.4. The standard InChI is InChI=1S/C27H27F3N2O3/c1-19(15-26(33)34)31-17-21-9-7-20(8-10-21)13-14-32-35-18-22-11-12-24(23-5-3-2-4-6-23)25(16-22)27(28,29)30/h2-12,14,16,19,31H,13,15,17-18H2,1H3,(H,33,34). The largest absolute Gasteiger partial charge is 0.481 e. The third-order valence-electron chi connectivity index (χ3n) is 5.34. The molecule has 3 aromatic carbocycles. The average Bonchev–Trinajstić information content (AvgIpc) is 2.83. The molecule has 0 saturated heterocycles. The van der Waals surface area contributed by atoms with Crippen molar-refractivity contribution in [3.8, 4) is 11.1 Å². The lowest BCUT2D eigenvalue weighted by molar-refractivity contribution is -0.138. The Bertz CT molecular complexity index is 1130. The monoisotopic (exact) mass is 484 g/mol. The van der Waals surface area contributed by atoms with Crippen molar-refractivity contribution in [3.63, 3.8) is 0 Å². The van der Waals surface area contributed by atoms with E-state index in [1.165, 1.54) is 6.07 Å². The molecule has 5 nitrogen and oxygen atoms in total. The molecular formula is C27H27F3N2O3. The molecule has 0 aromatic heterocycles. The number of carboxylic acids is 1. The molecule has 0 aliphatic rings. The first-order valence-electron chi connectivity index (χ1n) is 11.1. The van der Waals surface area contributed by atoms with Crippen LogP contribution in [-0.4, -0.2) is 23.3 Å². The predicted molar refractivity (Wildman–Crippen MR) is 129 cm³/mol. The van der Waals surface area contributed by atoms with Gasteiger partial charge in [-0.2, -0.15) is 13.2 Å². The predicted octanol–water partition coefficient (Wildman–Crippen LogP) is 6.07. The summed E-state index contributed by atoms with van der Waals surface area (Å²) in [5.74, 6) is -0.841. The molecule has 1 atom stereocenters. The number of oxime groups is 1. The molecule has 35 heavy (non-hydrogen) atoms. The summed E-state index contributed by atoms with van der Waals surface area (Å²) < 4.78 is 40.8. The lowest BCUT2D eigenvalue weighted by atomic mass is 9.97. The highest BCUT2D eigenvalue weighted by Crippen LogP contribution is 2.37. The minimum atomic E-state index is -4.49. The van der Waals surface area contributed by atoms with Gasteiger partial charge in [-0.05, 0) is 40.8 Å². The van der Waals surface area contributed by atoms with Crippen molar-refractivity contribution < 1.29 is 27.9 Å². The minimum absolute atomic E-state index is 0.0588. The van der Waals surface area contributed by atoms with Gasteiger partial charge in [0, 0.05) is 25.2 Å². The van der Waals surface area contributed by atoms with Crippen LogP contribution in [0.15, 0.2) is 78.0 Å². The summed E-state index contributed by atoms with van der Waals surface area (Å²) in [5.41, 5.74) is 2.32. The fourth-order valence-electron chi connectivity index (χ4n) is 3.51. The van der Waals surface area contributed by atoms with E-state index < -0.39 is 17.7 Å². The van der Waals surface area contributed by atoms with Crippen LogP contribution in [0.4, 0.5) is 13.2 Å². The molecule has 0 aliphatic heterocycles. The van der Waals surface area contributed by atoms with Gasteiger partial charge in [0.25, 0.3) is 0 Å². The Morgan fingerprint density at radius 2 is 1.69 bits per heavy atom. The van der Waals surface area contributed by atoms with E-state index in [1.54, 1.807) is 42.6 Å². The number of nitrogens with one attached hydrogen (secondary N) is 1. The van der Waals surface area contributed by atoms with Gasteiger partial charge in [0.05, 0.1) is 12.0 Å². The Labute approximate surface area is 202 Å². The molecule has 2 N–H and O–H groups in total. The highest BCUT2D eigenvalue weighted by Gasteiger charge is 2.34. The number of carboxylic acid groups (broad SMARTS) is 1. The summed E-state index contributed by atoms with van der Waals surface area (Å²) >= 11 is 0. The quantitative estimate of drug-likeness (QED) is 0.256. The van der Waals surface area contributed by atoms with Crippen LogP contribution in [0.25, 0.3) is 11.1 Å². The first-order chi connectivity index (χ1) is 16.7. The molecule has 0 bridgehead atoms. The van der Waals surface area contributed by atoms with Crippen LogP contribution in [0.5, 0.6) is 0 Å². The maximum Gasteiger partial charge on any atom is 0.417 e. The Kier molecular flexibility index (Phi) is 9.03. The van der Waals surface area contributed by atoms with Crippen LogP contribution in [-0.2, 0) is 35.4 Å². The highest BCUT2D eigenvalue weighted by molar-refractivity contribution is 5.68. The normalized spacial score (nSPS) is 12.6. The summed E-state index contributed by atoms with van der Waals surface area (Å²) in [6.45, 7) is 2.31. The van der Waals surface area contributed by atoms with Crippen LogP contribution in [0, 0.1) is 0 Å². The van der Waals surface area contributed by atoms with Gasteiger partial charge in [0.1, 0.15) is 6.61 Å². The molecule has 0 radical (unpaired) electrons. The SMILES string of the molecule is CC(CC(=O)O)NCc1ccc(CC=NOCc2ccc(-c3ccccc3)c(C(F)(F)F)c2)cc1. The summed E-state index contributed by atoms with van der Waals surface area (Å²) in [7, 11) is 0. The summed E-state index contributed by atoms with van der Waals surface area (Å²) in [4.78, 5) is 15.9. The molecule has 3 rings (SSSR count). The molecule has 0 amide bonds. The van der Waals surface area contributed by atoms with Crippen molar-refractivity contribution in [2.24, 2.45) is 5.16 Å². The molecule has 0 saturated carbocycles.